The number of aromatic nitrogens is 2. The van der Waals surface area contributed by atoms with Crippen molar-refractivity contribution in [1.29, 1.82) is 0 Å². The van der Waals surface area contributed by atoms with Crippen molar-refractivity contribution < 1.29 is 19.3 Å². The molecule has 2 aromatic carbocycles. The molecule has 166 valence electrons. The summed E-state index contributed by atoms with van der Waals surface area (Å²) in [5.41, 5.74) is 1.22. The van der Waals surface area contributed by atoms with Gasteiger partial charge in [-0.05, 0) is 18.2 Å². The Balaban J connectivity index is 1.34. The number of nitro groups is 1. The Morgan fingerprint density at radius 3 is 2.48 bits per heavy atom. The van der Waals surface area contributed by atoms with Crippen molar-refractivity contribution >= 4 is 23.4 Å². The van der Waals surface area contributed by atoms with E-state index >= 15 is 0 Å². The summed E-state index contributed by atoms with van der Waals surface area (Å²) in [6.45, 7) is -0.139. The number of H-pyrrole nitrogens is 1. The summed E-state index contributed by atoms with van der Waals surface area (Å²) >= 11 is 0. The van der Waals surface area contributed by atoms with E-state index in [-0.39, 0.29) is 28.9 Å². The van der Waals surface area contributed by atoms with Gasteiger partial charge in [-0.1, -0.05) is 18.2 Å². The first-order valence-electron chi connectivity index (χ1n) is 10.2. The number of non-ortho nitro benzene ring substituents is 1. The minimum absolute atomic E-state index is 0.0238. The number of hydrogen-bond donors (Lipinski definition) is 1. The smallest absolute Gasteiger partial charge is 0.276 e. The molecule has 0 saturated carbocycles. The number of para-hydroxylation sites is 1. The molecule has 0 saturated heterocycles. The molecule has 5 rings (SSSR count). The average Bonchev–Trinajstić information content (AvgIpc) is 3.28. The molecule has 33 heavy (non-hydrogen) atoms. The van der Waals surface area contributed by atoms with Gasteiger partial charge in [0.1, 0.15) is 6.54 Å². The molecular formula is C22H17N5O6. The Morgan fingerprint density at radius 1 is 1.03 bits per heavy atom. The number of rotatable bonds is 4. The number of imide groups is 1. The highest BCUT2D eigenvalue weighted by atomic mass is 16.6. The van der Waals surface area contributed by atoms with Gasteiger partial charge in [0.25, 0.3) is 23.1 Å². The summed E-state index contributed by atoms with van der Waals surface area (Å²) in [6.07, 6.45) is 0.421. The molecule has 0 aliphatic carbocycles. The van der Waals surface area contributed by atoms with Crippen molar-refractivity contribution in [2.45, 2.75) is 13.0 Å². The summed E-state index contributed by atoms with van der Waals surface area (Å²) < 4.78 is 1.43. The number of nitro benzene ring substituents is 1. The molecule has 0 unspecified atom stereocenters. The summed E-state index contributed by atoms with van der Waals surface area (Å²) in [7, 11) is 0. The molecule has 3 amide bonds. The number of carbonyl (C=O) groups excluding carboxylic acids is 3. The Hall–Kier alpha value is -4.54. The van der Waals surface area contributed by atoms with Crippen molar-refractivity contribution in [2.24, 2.45) is 0 Å². The van der Waals surface area contributed by atoms with Crippen molar-refractivity contribution in [2.75, 3.05) is 13.1 Å². The molecule has 0 spiro atoms. The van der Waals surface area contributed by atoms with Crippen LogP contribution in [-0.4, -0.2) is 55.3 Å². The lowest BCUT2D eigenvalue weighted by Gasteiger charge is -2.27. The third-order valence-corrected chi connectivity index (χ3v) is 5.88. The van der Waals surface area contributed by atoms with Crippen LogP contribution in [0.4, 0.5) is 5.69 Å². The molecule has 2 aliphatic rings. The van der Waals surface area contributed by atoms with Crippen LogP contribution in [0.25, 0.3) is 5.69 Å². The minimum atomic E-state index is -0.752. The number of nitrogens with one attached hydrogen (secondary N) is 1. The third-order valence-electron chi connectivity index (χ3n) is 5.88. The first-order chi connectivity index (χ1) is 15.8. The zero-order chi connectivity index (χ0) is 23.3. The Morgan fingerprint density at radius 2 is 1.76 bits per heavy atom. The van der Waals surface area contributed by atoms with E-state index in [1.54, 1.807) is 12.1 Å². The van der Waals surface area contributed by atoms with Crippen LogP contribution >= 0.6 is 0 Å². The summed E-state index contributed by atoms with van der Waals surface area (Å²) in [6, 6.07) is 12.5. The highest BCUT2D eigenvalue weighted by Crippen LogP contribution is 2.27. The lowest BCUT2D eigenvalue weighted by Crippen LogP contribution is -2.45. The Kier molecular flexibility index (Phi) is 4.66. The minimum Gasteiger partial charge on any atom is -0.336 e. The fraction of sp³-hybridized carbons (Fsp3) is 0.182. The van der Waals surface area contributed by atoms with Gasteiger partial charge >= 0.3 is 0 Å². The number of benzene rings is 2. The molecule has 0 fully saturated rings. The maximum absolute atomic E-state index is 12.9. The lowest BCUT2D eigenvalue weighted by molar-refractivity contribution is -0.384. The van der Waals surface area contributed by atoms with Crippen LogP contribution in [0.5, 0.6) is 0 Å². The van der Waals surface area contributed by atoms with Gasteiger partial charge < -0.3 is 4.90 Å². The van der Waals surface area contributed by atoms with E-state index in [9.17, 15) is 29.3 Å². The standard InChI is InChI=1S/C22H17N5O6/c28-19(12-25-20(29)15-7-6-14(27(32)33)10-16(15)21(25)30)24-9-8-18-17(11-24)22(31)26(23-18)13-4-2-1-3-5-13/h1-7,10,23H,8-9,11-12H2. The van der Waals surface area contributed by atoms with Gasteiger partial charge in [0.15, 0.2) is 0 Å². The topological polar surface area (TPSA) is 139 Å². The van der Waals surface area contributed by atoms with Crippen LogP contribution in [0.15, 0.2) is 53.3 Å². The van der Waals surface area contributed by atoms with Gasteiger partial charge in [0.2, 0.25) is 5.91 Å². The van der Waals surface area contributed by atoms with E-state index in [0.29, 0.717) is 24.2 Å². The van der Waals surface area contributed by atoms with Gasteiger partial charge in [0, 0.05) is 30.8 Å². The van der Waals surface area contributed by atoms with Crippen LogP contribution < -0.4 is 5.56 Å². The quantitative estimate of drug-likeness (QED) is 0.363. The van der Waals surface area contributed by atoms with E-state index in [2.05, 4.69) is 5.10 Å². The van der Waals surface area contributed by atoms with E-state index in [1.165, 1.54) is 15.6 Å². The highest BCUT2D eigenvalue weighted by molar-refractivity contribution is 6.22. The number of amides is 3. The predicted molar refractivity (Wildman–Crippen MR) is 114 cm³/mol. The molecule has 1 N–H and O–H groups in total. The van der Waals surface area contributed by atoms with Crippen LogP contribution in [-0.2, 0) is 17.8 Å². The highest BCUT2D eigenvalue weighted by Gasteiger charge is 2.39. The zero-order valence-corrected chi connectivity index (χ0v) is 17.2. The molecule has 0 bridgehead atoms. The Bertz CT molecular complexity index is 1390. The molecule has 0 radical (unpaired) electrons. The van der Waals surface area contributed by atoms with E-state index in [0.717, 1.165) is 22.7 Å². The largest absolute Gasteiger partial charge is 0.336 e. The number of hydrogen-bond acceptors (Lipinski definition) is 6. The molecule has 3 heterocycles. The molecule has 11 nitrogen and oxygen atoms in total. The van der Waals surface area contributed by atoms with Crippen molar-refractivity contribution in [3.63, 3.8) is 0 Å². The van der Waals surface area contributed by atoms with Gasteiger partial charge in [-0.15, -0.1) is 0 Å². The molecular weight excluding hydrogens is 430 g/mol. The predicted octanol–water partition coefficient (Wildman–Crippen LogP) is 1.25. The third kappa shape index (κ3) is 3.30. The molecule has 0 atom stereocenters. The second-order valence-electron chi connectivity index (χ2n) is 7.79. The number of carbonyl (C=O) groups is 3. The summed E-state index contributed by atoms with van der Waals surface area (Å²) in [5, 5.41) is 14.1. The maximum atomic E-state index is 12.9. The number of fused-ring (bicyclic) bond motifs is 2. The van der Waals surface area contributed by atoms with Crippen LogP contribution in [0, 0.1) is 10.1 Å². The van der Waals surface area contributed by atoms with E-state index < -0.39 is 29.2 Å². The van der Waals surface area contributed by atoms with Gasteiger partial charge in [-0.2, -0.15) is 0 Å². The molecule has 3 aromatic rings. The summed E-state index contributed by atoms with van der Waals surface area (Å²) in [4.78, 5) is 63.6. The number of nitrogens with zero attached hydrogens (tertiary/aromatic N) is 4. The normalized spacial score (nSPS) is 14.9. The van der Waals surface area contributed by atoms with Crippen LogP contribution in [0.3, 0.4) is 0 Å². The fourth-order valence-corrected chi connectivity index (χ4v) is 4.15. The van der Waals surface area contributed by atoms with Crippen molar-refractivity contribution in [3.8, 4) is 5.69 Å². The Labute approximate surface area is 186 Å². The zero-order valence-electron chi connectivity index (χ0n) is 17.2. The van der Waals surface area contributed by atoms with Crippen molar-refractivity contribution in [1.82, 2.24) is 19.6 Å². The molecule has 1 aromatic heterocycles. The molecule has 2 aliphatic heterocycles. The van der Waals surface area contributed by atoms with Gasteiger partial charge in [0.05, 0.1) is 33.8 Å². The maximum Gasteiger partial charge on any atom is 0.276 e. The van der Waals surface area contributed by atoms with Crippen LogP contribution in [0.1, 0.15) is 32.0 Å². The molecule has 11 heteroatoms. The van der Waals surface area contributed by atoms with Gasteiger partial charge in [-0.3, -0.25) is 39.3 Å². The first kappa shape index (κ1) is 20.4. The van der Waals surface area contributed by atoms with Crippen LogP contribution in [0.2, 0.25) is 0 Å². The second-order valence-corrected chi connectivity index (χ2v) is 7.79. The van der Waals surface area contributed by atoms with Crippen molar-refractivity contribution in [3.05, 3.63) is 91.4 Å². The number of aromatic amines is 1. The lowest BCUT2D eigenvalue weighted by atomic mass is 10.1. The van der Waals surface area contributed by atoms with Gasteiger partial charge in [-0.25, -0.2) is 4.68 Å². The average molecular weight is 447 g/mol. The van der Waals surface area contributed by atoms with E-state index in [1.807, 2.05) is 18.2 Å². The fourth-order valence-electron chi connectivity index (χ4n) is 4.15. The van der Waals surface area contributed by atoms with E-state index in [4.69, 9.17) is 0 Å². The monoisotopic (exact) mass is 447 g/mol. The second kappa shape index (κ2) is 7.55. The first-order valence-corrected chi connectivity index (χ1v) is 10.2. The summed E-state index contributed by atoms with van der Waals surface area (Å²) in [5.74, 6) is -1.92. The SMILES string of the molecule is O=C(CN1C(=O)c2ccc([N+](=O)[O-])cc2C1=O)N1CCc2[nH]n(-c3ccccc3)c(=O)c2C1.